The van der Waals surface area contributed by atoms with Gasteiger partial charge in [-0.1, -0.05) is 18.2 Å². The maximum absolute atomic E-state index is 5.59. The van der Waals surface area contributed by atoms with Crippen molar-refractivity contribution in [2.75, 3.05) is 17.5 Å². The van der Waals surface area contributed by atoms with Crippen LogP contribution in [0, 0.1) is 6.92 Å². The first kappa shape index (κ1) is 14.2. The third kappa shape index (κ3) is 3.11. The molecule has 22 heavy (non-hydrogen) atoms. The van der Waals surface area contributed by atoms with E-state index in [1.807, 2.05) is 68.4 Å². The van der Waals surface area contributed by atoms with E-state index in [0.29, 0.717) is 6.61 Å². The van der Waals surface area contributed by atoms with Crippen LogP contribution in [0.5, 0.6) is 5.75 Å². The summed E-state index contributed by atoms with van der Waals surface area (Å²) in [5.74, 6) is 0.850. The molecule has 2 aromatic carbocycles. The van der Waals surface area contributed by atoms with E-state index in [4.69, 9.17) is 4.74 Å². The minimum absolute atomic E-state index is 0.649. The van der Waals surface area contributed by atoms with Crippen molar-refractivity contribution >= 4 is 22.3 Å². The van der Waals surface area contributed by atoms with E-state index in [-0.39, 0.29) is 0 Å². The fourth-order valence-electron chi connectivity index (χ4n) is 2.36. The molecule has 112 valence electrons. The van der Waals surface area contributed by atoms with Gasteiger partial charge in [-0.2, -0.15) is 0 Å². The fourth-order valence-corrected chi connectivity index (χ4v) is 2.36. The molecule has 2 N–H and O–H groups in total. The van der Waals surface area contributed by atoms with Crippen molar-refractivity contribution in [3.05, 3.63) is 60.3 Å². The van der Waals surface area contributed by atoms with Crippen molar-refractivity contribution in [1.82, 2.24) is 4.98 Å². The van der Waals surface area contributed by atoms with Gasteiger partial charge >= 0.3 is 0 Å². The number of benzene rings is 2. The summed E-state index contributed by atoms with van der Waals surface area (Å²) in [4.78, 5) is 4.57. The van der Waals surface area contributed by atoms with Crippen LogP contribution < -0.4 is 15.6 Å². The Kier molecular flexibility index (Phi) is 4.10. The van der Waals surface area contributed by atoms with Crippen LogP contribution >= 0.6 is 0 Å². The average Bonchev–Trinajstić information content (AvgIpc) is 2.54. The SMILES string of the molecule is CCOc1ccc2nc(C)cc(NNc3ccccc3)c2c1. The molecule has 0 aliphatic carbocycles. The Balaban J connectivity index is 1.94. The molecule has 0 saturated carbocycles. The standard InChI is InChI=1S/C18H19N3O/c1-3-22-15-9-10-17-16(12-15)18(11-13(2)19-17)21-20-14-7-5-4-6-8-14/h4-12,20H,3H2,1-2H3,(H,19,21). The Morgan fingerprint density at radius 2 is 1.82 bits per heavy atom. The number of pyridine rings is 1. The molecule has 4 nitrogen and oxygen atoms in total. The number of hydrogen-bond donors (Lipinski definition) is 2. The van der Waals surface area contributed by atoms with Gasteiger partial charge in [-0.15, -0.1) is 0 Å². The van der Waals surface area contributed by atoms with Gasteiger partial charge in [0, 0.05) is 11.1 Å². The zero-order valence-corrected chi connectivity index (χ0v) is 12.8. The van der Waals surface area contributed by atoms with Crippen LogP contribution in [0.2, 0.25) is 0 Å². The third-order valence-corrected chi connectivity index (χ3v) is 3.33. The summed E-state index contributed by atoms with van der Waals surface area (Å²) >= 11 is 0. The zero-order chi connectivity index (χ0) is 15.4. The third-order valence-electron chi connectivity index (χ3n) is 3.33. The Bertz CT molecular complexity index is 772. The first-order valence-corrected chi connectivity index (χ1v) is 7.37. The molecule has 0 saturated heterocycles. The van der Waals surface area contributed by atoms with E-state index >= 15 is 0 Å². The van der Waals surface area contributed by atoms with Crippen molar-refractivity contribution in [1.29, 1.82) is 0 Å². The highest BCUT2D eigenvalue weighted by molar-refractivity contribution is 5.93. The van der Waals surface area contributed by atoms with Gasteiger partial charge in [0.1, 0.15) is 5.75 Å². The minimum Gasteiger partial charge on any atom is -0.494 e. The van der Waals surface area contributed by atoms with Crippen LogP contribution in [0.3, 0.4) is 0 Å². The Morgan fingerprint density at radius 3 is 2.59 bits per heavy atom. The fraction of sp³-hybridized carbons (Fsp3) is 0.167. The molecular formula is C18H19N3O. The van der Waals surface area contributed by atoms with Gasteiger partial charge < -0.3 is 15.6 Å². The van der Waals surface area contributed by atoms with Crippen LogP contribution in [0.15, 0.2) is 54.6 Å². The lowest BCUT2D eigenvalue weighted by Gasteiger charge is -2.14. The second-order valence-electron chi connectivity index (χ2n) is 5.04. The highest BCUT2D eigenvalue weighted by atomic mass is 16.5. The first-order valence-electron chi connectivity index (χ1n) is 7.37. The zero-order valence-electron chi connectivity index (χ0n) is 12.8. The van der Waals surface area contributed by atoms with Crippen molar-refractivity contribution in [2.24, 2.45) is 0 Å². The van der Waals surface area contributed by atoms with Crippen LogP contribution in [-0.4, -0.2) is 11.6 Å². The number of nitrogens with one attached hydrogen (secondary N) is 2. The van der Waals surface area contributed by atoms with E-state index in [0.717, 1.165) is 33.7 Å². The number of hydrogen-bond acceptors (Lipinski definition) is 4. The molecular weight excluding hydrogens is 274 g/mol. The molecule has 0 aliphatic rings. The van der Waals surface area contributed by atoms with E-state index in [2.05, 4.69) is 15.8 Å². The van der Waals surface area contributed by atoms with Gasteiger partial charge in [0.05, 0.1) is 23.5 Å². The highest BCUT2D eigenvalue weighted by Gasteiger charge is 2.06. The number of anilines is 2. The summed E-state index contributed by atoms with van der Waals surface area (Å²) in [7, 11) is 0. The summed E-state index contributed by atoms with van der Waals surface area (Å²) in [6, 6.07) is 18.0. The lowest BCUT2D eigenvalue weighted by atomic mass is 10.1. The lowest BCUT2D eigenvalue weighted by molar-refractivity contribution is 0.340. The second-order valence-corrected chi connectivity index (χ2v) is 5.04. The Labute approximate surface area is 130 Å². The molecule has 0 spiro atoms. The van der Waals surface area contributed by atoms with Crippen molar-refractivity contribution < 1.29 is 4.74 Å². The van der Waals surface area contributed by atoms with Crippen LogP contribution in [0.4, 0.5) is 11.4 Å². The molecule has 3 rings (SSSR count). The predicted octanol–water partition coefficient (Wildman–Crippen LogP) is 4.38. The number of fused-ring (bicyclic) bond motifs is 1. The number of para-hydroxylation sites is 1. The van der Waals surface area contributed by atoms with Gasteiger partial charge in [-0.05, 0) is 50.2 Å². The summed E-state index contributed by atoms with van der Waals surface area (Å²) in [5.41, 5.74) is 10.4. The summed E-state index contributed by atoms with van der Waals surface area (Å²) in [6.07, 6.45) is 0. The highest BCUT2D eigenvalue weighted by Crippen LogP contribution is 2.27. The van der Waals surface area contributed by atoms with E-state index in [1.54, 1.807) is 0 Å². The monoisotopic (exact) mass is 293 g/mol. The van der Waals surface area contributed by atoms with Crippen LogP contribution in [0.25, 0.3) is 10.9 Å². The Hall–Kier alpha value is -2.75. The first-order chi connectivity index (χ1) is 10.8. The summed E-state index contributed by atoms with van der Waals surface area (Å²) < 4.78 is 5.59. The van der Waals surface area contributed by atoms with Gasteiger partial charge in [0.2, 0.25) is 0 Å². The number of rotatable bonds is 5. The number of aromatic nitrogens is 1. The second kappa shape index (κ2) is 6.35. The Morgan fingerprint density at radius 1 is 1.00 bits per heavy atom. The smallest absolute Gasteiger partial charge is 0.120 e. The average molecular weight is 293 g/mol. The number of nitrogens with zero attached hydrogens (tertiary/aromatic N) is 1. The summed E-state index contributed by atoms with van der Waals surface area (Å²) in [6.45, 7) is 4.62. The molecule has 1 heterocycles. The predicted molar refractivity (Wildman–Crippen MR) is 91.3 cm³/mol. The van der Waals surface area contributed by atoms with E-state index < -0.39 is 0 Å². The molecule has 3 aromatic rings. The van der Waals surface area contributed by atoms with Crippen LogP contribution in [-0.2, 0) is 0 Å². The van der Waals surface area contributed by atoms with E-state index in [1.165, 1.54) is 0 Å². The molecule has 0 atom stereocenters. The quantitative estimate of drug-likeness (QED) is 0.685. The van der Waals surface area contributed by atoms with Gasteiger partial charge in [0.15, 0.2) is 0 Å². The van der Waals surface area contributed by atoms with Crippen molar-refractivity contribution in [3.63, 3.8) is 0 Å². The maximum Gasteiger partial charge on any atom is 0.120 e. The molecule has 0 aliphatic heterocycles. The number of hydrazine groups is 1. The van der Waals surface area contributed by atoms with Crippen molar-refractivity contribution in [3.8, 4) is 5.75 Å². The number of ether oxygens (including phenoxy) is 1. The topological polar surface area (TPSA) is 46.2 Å². The van der Waals surface area contributed by atoms with E-state index in [9.17, 15) is 0 Å². The largest absolute Gasteiger partial charge is 0.494 e. The minimum atomic E-state index is 0.649. The van der Waals surface area contributed by atoms with Crippen molar-refractivity contribution in [2.45, 2.75) is 13.8 Å². The molecule has 0 unspecified atom stereocenters. The van der Waals surface area contributed by atoms with Crippen LogP contribution in [0.1, 0.15) is 12.6 Å². The molecule has 0 fully saturated rings. The van der Waals surface area contributed by atoms with Gasteiger partial charge in [-0.25, -0.2) is 0 Å². The molecule has 4 heteroatoms. The van der Waals surface area contributed by atoms with Gasteiger partial charge in [0.25, 0.3) is 0 Å². The lowest BCUT2D eigenvalue weighted by Crippen LogP contribution is -2.09. The molecule has 1 aromatic heterocycles. The molecule has 0 amide bonds. The number of aryl methyl sites for hydroxylation is 1. The summed E-state index contributed by atoms with van der Waals surface area (Å²) in [5, 5.41) is 1.03. The van der Waals surface area contributed by atoms with Gasteiger partial charge in [-0.3, -0.25) is 4.98 Å². The molecule has 0 radical (unpaired) electrons. The molecule has 0 bridgehead atoms. The maximum atomic E-state index is 5.59. The normalized spacial score (nSPS) is 10.5.